The van der Waals surface area contributed by atoms with Gasteiger partial charge in [-0.3, -0.25) is 9.36 Å². The number of fused-ring (bicyclic) bond motifs is 1. The lowest BCUT2D eigenvalue weighted by Crippen LogP contribution is -2.28. The van der Waals surface area contributed by atoms with Crippen molar-refractivity contribution in [2.75, 3.05) is 6.54 Å². The van der Waals surface area contributed by atoms with Gasteiger partial charge in [-0.1, -0.05) is 24.3 Å². The summed E-state index contributed by atoms with van der Waals surface area (Å²) in [4.78, 5) is 4.58. The topological polar surface area (TPSA) is 65.5 Å². The second-order valence-electron chi connectivity index (χ2n) is 6.77. The average Bonchev–Trinajstić information content (AvgIpc) is 3.43. The standard InChI is InChI=1S/C20H21N7/c1-2-5-17(15-26-9-3-6-23-26)16(4-1)14-25-10-8-22-20(25)19-12-18-13-21-7-11-27(18)24-19/h1-6,8-10,12,21H,7,11,13-15H2. The molecule has 0 saturated carbocycles. The van der Waals surface area contributed by atoms with Gasteiger partial charge in [-0.25, -0.2) is 4.98 Å². The molecule has 5 rings (SSSR count). The van der Waals surface area contributed by atoms with Crippen LogP contribution in [0.3, 0.4) is 0 Å². The third kappa shape index (κ3) is 3.17. The fourth-order valence-electron chi connectivity index (χ4n) is 3.59. The molecule has 0 spiro atoms. The van der Waals surface area contributed by atoms with Gasteiger partial charge in [0.1, 0.15) is 5.69 Å². The highest BCUT2D eigenvalue weighted by Crippen LogP contribution is 2.21. The Bertz CT molecular complexity index is 1020. The first-order valence-corrected chi connectivity index (χ1v) is 9.20. The number of nitrogens with one attached hydrogen (secondary N) is 1. The minimum Gasteiger partial charge on any atom is -0.325 e. The molecule has 0 aliphatic carbocycles. The van der Waals surface area contributed by atoms with Crippen molar-refractivity contribution >= 4 is 0 Å². The summed E-state index contributed by atoms with van der Waals surface area (Å²) in [5.74, 6) is 0.908. The van der Waals surface area contributed by atoms with Gasteiger partial charge in [-0.05, 0) is 23.3 Å². The average molecular weight is 359 g/mol. The van der Waals surface area contributed by atoms with E-state index in [2.05, 4.69) is 55.0 Å². The lowest BCUT2D eigenvalue weighted by atomic mass is 10.1. The number of rotatable bonds is 5. The van der Waals surface area contributed by atoms with Gasteiger partial charge in [-0.2, -0.15) is 10.2 Å². The van der Waals surface area contributed by atoms with E-state index in [-0.39, 0.29) is 0 Å². The number of aromatic nitrogens is 6. The smallest absolute Gasteiger partial charge is 0.160 e. The Morgan fingerprint density at radius 1 is 1.00 bits per heavy atom. The molecule has 7 nitrogen and oxygen atoms in total. The summed E-state index contributed by atoms with van der Waals surface area (Å²) >= 11 is 0. The highest BCUT2D eigenvalue weighted by molar-refractivity contribution is 5.51. The van der Waals surface area contributed by atoms with Crippen LogP contribution in [0.1, 0.15) is 16.8 Å². The molecule has 0 fully saturated rings. The SMILES string of the molecule is c1ccc(Cn2ccnc2-c2cc3n(n2)CCNC3)c(Cn2cccn2)c1. The van der Waals surface area contributed by atoms with Gasteiger partial charge in [0.25, 0.3) is 0 Å². The van der Waals surface area contributed by atoms with Gasteiger partial charge >= 0.3 is 0 Å². The van der Waals surface area contributed by atoms with Crippen molar-refractivity contribution in [1.82, 2.24) is 34.4 Å². The summed E-state index contributed by atoms with van der Waals surface area (Å²) in [5, 5.41) is 12.5. The number of imidazole rings is 1. The van der Waals surface area contributed by atoms with Crippen LogP contribution in [0.15, 0.2) is 61.2 Å². The van der Waals surface area contributed by atoms with Crippen LogP contribution >= 0.6 is 0 Å². The molecule has 0 saturated heterocycles. The number of benzene rings is 1. The molecule has 0 bridgehead atoms. The molecular formula is C20H21N7. The minimum atomic E-state index is 0.757. The van der Waals surface area contributed by atoms with Gasteiger partial charge in [0.15, 0.2) is 5.82 Å². The second-order valence-corrected chi connectivity index (χ2v) is 6.77. The van der Waals surface area contributed by atoms with Crippen LogP contribution in [0.4, 0.5) is 0 Å². The van der Waals surface area contributed by atoms with Gasteiger partial charge in [0.05, 0.1) is 18.8 Å². The maximum atomic E-state index is 4.76. The molecule has 7 heteroatoms. The maximum absolute atomic E-state index is 4.76. The Morgan fingerprint density at radius 2 is 1.89 bits per heavy atom. The first kappa shape index (κ1) is 16.0. The van der Waals surface area contributed by atoms with E-state index in [4.69, 9.17) is 5.10 Å². The van der Waals surface area contributed by atoms with Crippen molar-refractivity contribution in [2.45, 2.75) is 26.2 Å². The summed E-state index contributed by atoms with van der Waals surface area (Å²) in [6.07, 6.45) is 7.67. The molecule has 1 N–H and O–H groups in total. The quantitative estimate of drug-likeness (QED) is 0.593. The molecule has 1 aliphatic rings. The first-order valence-electron chi connectivity index (χ1n) is 9.20. The zero-order valence-electron chi connectivity index (χ0n) is 15.0. The molecule has 0 amide bonds. The van der Waals surface area contributed by atoms with Crippen LogP contribution in [-0.4, -0.2) is 35.7 Å². The lowest BCUT2D eigenvalue weighted by molar-refractivity contribution is 0.476. The van der Waals surface area contributed by atoms with Crippen molar-refractivity contribution in [3.63, 3.8) is 0 Å². The van der Waals surface area contributed by atoms with Crippen LogP contribution in [0.2, 0.25) is 0 Å². The summed E-state index contributed by atoms with van der Waals surface area (Å²) in [6, 6.07) is 12.6. The minimum absolute atomic E-state index is 0.757. The Labute approximate surface area is 157 Å². The maximum Gasteiger partial charge on any atom is 0.160 e. The van der Waals surface area contributed by atoms with Gasteiger partial charge in [0, 0.05) is 44.4 Å². The summed E-state index contributed by atoms with van der Waals surface area (Å²) in [6.45, 7) is 4.25. The fraction of sp³-hybridized carbons (Fsp3) is 0.250. The highest BCUT2D eigenvalue weighted by Gasteiger charge is 2.16. The van der Waals surface area contributed by atoms with Crippen molar-refractivity contribution < 1.29 is 0 Å². The van der Waals surface area contributed by atoms with E-state index in [0.29, 0.717) is 0 Å². The van der Waals surface area contributed by atoms with Crippen LogP contribution < -0.4 is 5.32 Å². The Kier molecular flexibility index (Phi) is 4.06. The molecule has 0 radical (unpaired) electrons. The Balaban J connectivity index is 1.44. The monoisotopic (exact) mass is 359 g/mol. The molecule has 4 aromatic rings. The summed E-state index contributed by atoms with van der Waals surface area (Å²) in [5.41, 5.74) is 4.67. The number of nitrogens with zero attached hydrogens (tertiary/aromatic N) is 6. The number of hydrogen-bond donors (Lipinski definition) is 1. The summed E-state index contributed by atoms with van der Waals surface area (Å²) < 4.78 is 6.20. The van der Waals surface area contributed by atoms with Crippen molar-refractivity contribution in [2.24, 2.45) is 0 Å². The zero-order valence-corrected chi connectivity index (χ0v) is 15.0. The van der Waals surface area contributed by atoms with Crippen LogP contribution in [0, 0.1) is 0 Å². The molecule has 3 aromatic heterocycles. The van der Waals surface area contributed by atoms with E-state index in [1.165, 1.54) is 16.8 Å². The lowest BCUT2D eigenvalue weighted by Gasteiger charge is -2.13. The van der Waals surface area contributed by atoms with Crippen molar-refractivity contribution in [3.8, 4) is 11.5 Å². The van der Waals surface area contributed by atoms with Crippen LogP contribution in [0.25, 0.3) is 11.5 Å². The number of hydrogen-bond acceptors (Lipinski definition) is 4. The third-order valence-electron chi connectivity index (χ3n) is 4.97. The van der Waals surface area contributed by atoms with Crippen molar-refractivity contribution in [3.05, 3.63) is 78.0 Å². The second kappa shape index (κ2) is 6.85. The molecule has 136 valence electrons. The molecular weight excluding hydrogens is 338 g/mol. The molecule has 0 atom stereocenters. The van der Waals surface area contributed by atoms with E-state index in [1.54, 1.807) is 0 Å². The molecule has 0 unspecified atom stereocenters. The Hall–Kier alpha value is -3.19. The van der Waals surface area contributed by atoms with E-state index in [9.17, 15) is 0 Å². The fourth-order valence-corrected chi connectivity index (χ4v) is 3.59. The normalized spacial score (nSPS) is 13.6. The van der Waals surface area contributed by atoms with E-state index < -0.39 is 0 Å². The van der Waals surface area contributed by atoms with Crippen LogP contribution in [0.5, 0.6) is 0 Å². The third-order valence-corrected chi connectivity index (χ3v) is 4.97. The molecule has 1 aliphatic heterocycles. The van der Waals surface area contributed by atoms with E-state index >= 15 is 0 Å². The predicted octanol–water partition coefficient (Wildman–Crippen LogP) is 2.14. The van der Waals surface area contributed by atoms with Gasteiger partial charge in [0.2, 0.25) is 0 Å². The first-order chi connectivity index (χ1) is 13.4. The van der Waals surface area contributed by atoms with Crippen molar-refractivity contribution in [1.29, 1.82) is 0 Å². The van der Waals surface area contributed by atoms with Gasteiger partial charge in [-0.15, -0.1) is 0 Å². The van der Waals surface area contributed by atoms with E-state index in [0.717, 1.165) is 44.2 Å². The largest absolute Gasteiger partial charge is 0.325 e. The molecule has 27 heavy (non-hydrogen) atoms. The Morgan fingerprint density at radius 3 is 2.70 bits per heavy atom. The summed E-state index contributed by atoms with van der Waals surface area (Å²) in [7, 11) is 0. The predicted molar refractivity (Wildman–Crippen MR) is 102 cm³/mol. The zero-order chi connectivity index (χ0) is 18.1. The molecule has 4 heterocycles. The van der Waals surface area contributed by atoms with Crippen LogP contribution in [-0.2, 0) is 26.2 Å². The molecule has 1 aromatic carbocycles. The van der Waals surface area contributed by atoms with Gasteiger partial charge < -0.3 is 9.88 Å². The highest BCUT2D eigenvalue weighted by atomic mass is 15.3. The van der Waals surface area contributed by atoms with E-state index in [1.807, 2.05) is 35.5 Å².